The predicted molar refractivity (Wildman–Crippen MR) is 106 cm³/mol. The van der Waals surface area contributed by atoms with Crippen LogP contribution in [0.15, 0.2) is 30.3 Å². The summed E-state index contributed by atoms with van der Waals surface area (Å²) in [7, 11) is 9.11. The highest BCUT2D eigenvalue weighted by Crippen LogP contribution is 2.39. The van der Waals surface area contributed by atoms with Crippen LogP contribution in [-0.2, 0) is 0 Å². The second-order valence-corrected chi connectivity index (χ2v) is 5.56. The molecule has 0 heterocycles. The Kier molecular flexibility index (Phi) is 7.14. The van der Waals surface area contributed by atoms with E-state index in [4.69, 9.17) is 28.4 Å². The van der Waals surface area contributed by atoms with Crippen LogP contribution in [0, 0.1) is 0 Å². The number of rotatable bonds is 9. The molecule has 0 radical (unpaired) electrons. The summed E-state index contributed by atoms with van der Waals surface area (Å²) in [6.07, 6.45) is 3.05. The van der Waals surface area contributed by atoms with Gasteiger partial charge in [0.1, 0.15) is 17.2 Å². The molecule has 0 fully saturated rings. The molecule has 0 unspecified atom stereocenters. The summed E-state index contributed by atoms with van der Waals surface area (Å²) in [4.78, 5) is 12.7. The van der Waals surface area contributed by atoms with Crippen LogP contribution < -0.4 is 28.4 Å². The molecule has 0 saturated carbocycles. The van der Waals surface area contributed by atoms with Crippen LogP contribution >= 0.6 is 0 Å². The van der Waals surface area contributed by atoms with Gasteiger partial charge in [0.25, 0.3) is 0 Å². The second-order valence-electron chi connectivity index (χ2n) is 5.56. The van der Waals surface area contributed by atoms with Crippen LogP contribution in [0.5, 0.6) is 34.5 Å². The summed E-state index contributed by atoms with van der Waals surface area (Å²) >= 11 is 0. The number of ketones is 1. The number of ether oxygens (including phenoxy) is 6. The fourth-order valence-electron chi connectivity index (χ4n) is 2.68. The maximum atomic E-state index is 12.7. The molecule has 7 heteroatoms. The summed E-state index contributed by atoms with van der Waals surface area (Å²) in [5.41, 5.74) is 1.00. The number of hydrogen-bond donors (Lipinski definition) is 0. The quantitative estimate of drug-likeness (QED) is 0.480. The smallest absolute Gasteiger partial charge is 0.203 e. The third-order valence-electron chi connectivity index (χ3n) is 4.10. The zero-order chi connectivity index (χ0) is 20.7. The van der Waals surface area contributed by atoms with Crippen LogP contribution in [0.2, 0.25) is 0 Å². The van der Waals surface area contributed by atoms with Crippen molar-refractivity contribution in [3.8, 4) is 34.5 Å². The van der Waals surface area contributed by atoms with E-state index in [2.05, 4.69) is 0 Å². The number of benzene rings is 2. The molecule has 0 aliphatic heterocycles. The third kappa shape index (κ3) is 4.31. The van der Waals surface area contributed by atoms with Gasteiger partial charge in [0.05, 0.1) is 48.2 Å². The average Bonchev–Trinajstić information content (AvgIpc) is 2.75. The van der Waals surface area contributed by atoms with E-state index in [1.54, 1.807) is 37.5 Å². The Bertz CT molecular complexity index is 821. The summed E-state index contributed by atoms with van der Waals surface area (Å²) in [6.45, 7) is 0. The first-order valence-corrected chi connectivity index (χ1v) is 8.35. The topological polar surface area (TPSA) is 72.5 Å². The molecule has 28 heavy (non-hydrogen) atoms. The standard InChI is InChI=1S/C21H24O7/c1-23-14-11-17(24-2)15(18(12-14)25-3)7-8-16(22)13-9-19(26-4)21(28-6)20(10-13)27-5/h7-12H,1-6H3/b8-7+. The lowest BCUT2D eigenvalue weighted by atomic mass is 10.1. The zero-order valence-electron chi connectivity index (χ0n) is 16.8. The predicted octanol–water partition coefficient (Wildman–Crippen LogP) is 3.63. The van der Waals surface area contributed by atoms with Crippen LogP contribution in [-0.4, -0.2) is 48.4 Å². The first kappa shape index (κ1) is 21.0. The first-order chi connectivity index (χ1) is 13.5. The number of allylic oxidation sites excluding steroid dienone is 1. The van der Waals surface area contributed by atoms with E-state index in [0.29, 0.717) is 45.6 Å². The summed E-state index contributed by atoms with van der Waals surface area (Å²) < 4.78 is 31.9. The number of carbonyl (C=O) groups excluding carboxylic acids is 1. The Morgan fingerprint density at radius 3 is 1.57 bits per heavy atom. The van der Waals surface area contributed by atoms with Crippen molar-refractivity contribution < 1.29 is 33.2 Å². The molecule has 2 aromatic rings. The summed E-state index contributed by atoms with van der Waals surface area (Å²) in [6, 6.07) is 6.62. The van der Waals surface area contributed by atoms with Gasteiger partial charge in [-0.1, -0.05) is 0 Å². The minimum Gasteiger partial charge on any atom is -0.496 e. The maximum absolute atomic E-state index is 12.7. The molecule has 7 nitrogen and oxygen atoms in total. The van der Waals surface area contributed by atoms with Gasteiger partial charge in [0.15, 0.2) is 17.3 Å². The minimum atomic E-state index is -0.251. The Balaban J connectivity index is 2.44. The molecular formula is C21H24O7. The Labute approximate surface area is 164 Å². The second kappa shape index (κ2) is 9.55. The van der Waals surface area contributed by atoms with E-state index < -0.39 is 0 Å². The van der Waals surface area contributed by atoms with Crippen LogP contribution in [0.3, 0.4) is 0 Å². The molecule has 2 aromatic carbocycles. The molecule has 0 saturated heterocycles. The Morgan fingerprint density at radius 1 is 0.679 bits per heavy atom. The highest BCUT2D eigenvalue weighted by molar-refractivity contribution is 6.07. The van der Waals surface area contributed by atoms with Crippen molar-refractivity contribution in [3.63, 3.8) is 0 Å². The third-order valence-corrected chi connectivity index (χ3v) is 4.10. The largest absolute Gasteiger partial charge is 0.496 e. The van der Waals surface area contributed by atoms with E-state index in [1.165, 1.54) is 41.6 Å². The van der Waals surface area contributed by atoms with Gasteiger partial charge in [-0.25, -0.2) is 0 Å². The SMILES string of the molecule is COc1cc(OC)c(/C=C/C(=O)c2cc(OC)c(OC)c(OC)c2)c(OC)c1. The van der Waals surface area contributed by atoms with E-state index in [9.17, 15) is 4.79 Å². The highest BCUT2D eigenvalue weighted by atomic mass is 16.5. The van der Waals surface area contributed by atoms with Crippen molar-refractivity contribution >= 4 is 11.9 Å². The van der Waals surface area contributed by atoms with Gasteiger partial charge in [0.2, 0.25) is 5.75 Å². The molecule has 0 aromatic heterocycles. The van der Waals surface area contributed by atoms with Crippen molar-refractivity contribution in [2.24, 2.45) is 0 Å². The lowest BCUT2D eigenvalue weighted by molar-refractivity contribution is 0.104. The summed E-state index contributed by atoms with van der Waals surface area (Å²) in [5, 5.41) is 0. The molecule has 150 valence electrons. The van der Waals surface area contributed by atoms with Crippen molar-refractivity contribution in [2.75, 3.05) is 42.7 Å². The normalized spacial score (nSPS) is 10.5. The molecule has 0 bridgehead atoms. The first-order valence-electron chi connectivity index (χ1n) is 8.35. The molecule has 0 atom stereocenters. The molecule has 0 amide bonds. The Hall–Kier alpha value is -3.35. The summed E-state index contributed by atoms with van der Waals surface area (Å²) in [5.74, 6) is 2.59. The van der Waals surface area contributed by atoms with E-state index in [1.807, 2.05) is 0 Å². The molecule has 0 N–H and O–H groups in total. The maximum Gasteiger partial charge on any atom is 0.203 e. The van der Waals surface area contributed by atoms with Gasteiger partial charge in [0, 0.05) is 17.7 Å². The van der Waals surface area contributed by atoms with Crippen molar-refractivity contribution in [1.82, 2.24) is 0 Å². The molecule has 0 spiro atoms. The lowest BCUT2D eigenvalue weighted by Gasteiger charge is -2.13. The fourth-order valence-corrected chi connectivity index (χ4v) is 2.68. The van der Waals surface area contributed by atoms with Crippen molar-refractivity contribution in [2.45, 2.75) is 0 Å². The lowest BCUT2D eigenvalue weighted by Crippen LogP contribution is -2.01. The average molecular weight is 388 g/mol. The minimum absolute atomic E-state index is 0.251. The monoisotopic (exact) mass is 388 g/mol. The number of carbonyl (C=O) groups is 1. The molecule has 0 aliphatic rings. The highest BCUT2D eigenvalue weighted by Gasteiger charge is 2.16. The van der Waals surface area contributed by atoms with E-state index >= 15 is 0 Å². The van der Waals surface area contributed by atoms with Gasteiger partial charge in [-0.3, -0.25) is 4.79 Å². The van der Waals surface area contributed by atoms with Crippen LogP contribution in [0.25, 0.3) is 6.08 Å². The Morgan fingerprint density at radius 2 is 1.18 bits per heavy atom. The molecule has 2 rings (SSSR count). The molecule has 0 aliphatic carbocycles. The van der Waals surface area contributed by atoms with E-state index in [0.717, 1.165) is 0 Å². The van der Waals surface area contributed by atoms with E-state index in [-0.39, 0.29) is 5.78 Å². The van der Waals surface area contributed by atoms with Crippen LogP contribution in [0.4, 0.5) is 0 Å². The fraction of sp³-hybridized carbons (Fsp3) is 0.286. The molecular weight excluding hydrogens is 364 g/mol. The van der Waals surface area contributed by atoms with Crippen molar-refractivity contribution in [1.29, 1.82) is 0 Å². The van der Waals surface area contributed by atoms with Gasteiger partial charge in [-0.05, 0) is 24.3 Å². The van der Waals surface area contributed by atoms with Crippen molar-refractivity contribution in [3.05, 3.63) is 41.5 Å². The van der Waals surface area contributed by atoms with Gasteiger partial charge in [-0.2, -0.15) is 0 Å². The van der Waals surface area contributed by atoms with Crippen LogP contribution in [0.1, 0.15) is 15.9 Å². The van der Waals surface area contributed by atoms with Gasteiger partial charge < -0.3 is 28.4 Å². The number of hydrogen-bond acceptors (Lipinski definition) is 7. The van der Waals surface area contributed by atoms with Gasteiger partial charge >= 0.3 is 0 Å². The number of methoxy groups -OCH3 is 6. The zero-order valence-corrected chi connectivity index (χ0v) is 16.8. The van der Waals surface area contributed by atoms with Gasteiger partial charge in [-0.15, -0.1) is 0 Å².